The van der Waals surface area contributed by atoms with Crippen LogP contribution in [0.4, 0.5) is 0 Å². The van der Waals surface area contributed by atoms with E-state index in [-0.39, 0.29) is 0 Å². The van der Waals surface area contributed by atoms with Gasteiger partial charge in [0.25, 0.3) is 0 Å². The Kier molecular flexibility index (Phi) is 7.14. The van der Waals surface area contributed by atoms with Crippen molar-refractivity contribution in [2.75, 3.05) is 6.54 Å². The third-order valence-corrected chi connectivity index (χ3v) is 2.72. The van der Waals surface area contributed by atoms with E-state index in [2.05, 4.69) is 33.6 Å². The van der Waals surface area contributed by atoms with Crippen LogP contribution >= 0.6 is 24.4 Å². The van der Waals surface area contributed by atoms with Crippen molar-refractivity contribution in [2.24, 2.45) is 0 Å². The molecule has 0 spiro atoms. The van der Waals surface area contributed by atoms with Gasteiger partial charge in [0.05, 0.1) is 0 Å². The maximum atomic E-state index is 5.13. The van der Waals surface area contributed by atoms with E-state index in [1.54, 1.807) is 0 Å². The highest BCUT2D eigenvalue weighted by Gasteiger charge is 1.99. The molecule has 4 nitrogen and oxygen atoms in total. The summed E-state index contributed by atoms with van der Waals surface area (Å²) in [5.74, 6) is 0. The minimum Gasteiger partial charge on any atom is -0.361 e. The van der Waals surface area contributed by atoms with E-state index >= 15 is 0 Å². The zero-order valence-electron chi connectivity index (χ0n) is 11.2. The van der Waals surface area contributed by atoms with E-state index < -0.39 is 0 Å². The summed E-state index contributed by atoms with van der Waals surface area (Å²) in [5.41, 5.74) is 6.95. The Morgan fingerprint density at radius 3 is 2.32 bits per heavy atom. The summed E-state index contributed by atoms with van der Waals surface area (Å²) in [7, 11) is 0. The number of rotatable bonds is 4. The van der Waals surface area contributed by atoms with Gasteiger partial charge in [-0.3, -0.25) is 10.9 Å². The molecule has 104 valence electrons. The summed E-state index contributed by atoms with van der Waals surface area (Å²) < 4.78 is 0. The van der Waals surface area contributed by atoms with E-state index in [9.17, 15) is 0 Å². The maximum Gasteiger partial charge on any atom is 0.185 e. The van der Waals surface area contributed by atoms with Crippen LogP contribution in [0.1, 0.15) is 19.4 Å². The van der Waals surface area contributed by atoms with Gasteiger partial charge in [-0.2, -0.15) is 0 Å². The van der Waals surface area contributed by atoms with E-state index in [0.717, 1.165) is 13.0 Å². The number of hydrogen-bond acceptors (Lipinski definition) is 2. The van der Waals surface area contributed by atoms with Crippen LogP contribution < -0.4 is 21.5 Å². The summed E-state index contributed by atoms with van der Waals surface area (Å²) in [5, 5.41) is 7.22. The first-order chi connectivity index (χ1) is 9.08. The van der Waals surface area contributed by atoms with Crippen LogP contribution in [0, 0.1) is 0 Å². The topological polar surface area (TPSA) is 48.1 Å². The van der Waals surface area contributed by atoms with Crippen molar-refractivity contribution in [1.29, 1.82) is 0 Å². The first-order valence-electron chi connectivity index (χ1n) is 6.22. The highest BCUT2D eigenvalue weighted by molar-refractivity contribution is 7.80. The predicted octanol–water partition coefficient (Wildman–Crippen LogP) is 1.48. The molecular weight excluding hydrogens is 276 g/mol. The van der Waals surface area contributed by atoms with E-state index in [0.29, 0.717) is 16.3 Å². The van der Waals surface area contributed by atoms with Crippen LogP contribution in [-0.2, 0) is 6.42 Å². The molecule has 0 aliphatic carbocycles. The molecule has 6 heteroatoms. The van der Waals surface area contributed by atoms with Gasteiger partial charge in [0, 0.05) is 12.6 Å². The molecule has 0 amide bonds. The second-order valence-electron chi connectivity index (χ2n) is 4.37. The van der Waals surface area contributed by atoms with Crippen molar-refractivity contribution in [3.05, 3.63) is 35.9 Å². The quantitative estimate of drug-likeness (QED) is 0.499. The summed E-state index contributed by atoms with van der Waals surface area (Å²) in [6.07, 6.45) is 0.928. The molecule has 0 bridgehead atoms. The monoisotopic (exact) mass is 296 g/mol. The average molecular weight is 296 g/mol. The van der Waals surface area contributed by atoms with Gasteiger partial charge >= 0.3 is 0 Å². The zero-order chi connectivity index (χ0) is 14.1. The van der Waals surface area contributed by atoms with Gasteiger partial charge in [0.15, 0.2) is 10.2 Å². The van der Waals surface area contributed by atoms with Crippen molar-refractivity contribution < 1.29 is 0 Å². The van der Waals surface area contributed by atoms with Crippen LogP contribution in [0.3, 0.4) is 0 Å². The minimum absolute atomic E-state index is 0.293. The Hall–Kier alpha value is -1.40. The number of hydrazine groups is 1. The second kappa shape index (κ2) is 8.66. The van der Waals surface area contributed by atoms with Gasteiger partial charge < -0.3 is 10.6 Å². The number of benzene rings is 1. The molecular formula is C13H20N4S2. The highest BCUT2D eigenvalue weighted by atomic mass is 32.1. The Morgan fingerprint density at radius 1 is 1.05 bits per heavy atom. The number of thiocarbonyl (C=S) groups is 2. The molecule has 0 atom stereocenters. The van der Waals surface area contributed by atoms with Crippen molar-refractivity contribution in [3.63, 3.8) is 0 Å². The molecule has 4 N–H and O–H groups in total. The van der Waals surface area contributed by atoms with Gasteiger partial charge in [-0.25, -0.2) is 0 Å². The van der Waals surface area contributed by atoms with Gasteiger partial charge in [0.1, 0.15) is 0 Å². The molecule has 0 saturated heterocycles. The van der Waals surface area contributed by atoms with Crippen LogP contribution in [0.25, 0.3) is 0 Å². The molecule has 1 aromatic rings. The Balaban J connectivity index is 2.13. The van der Waals surface area contributed by atoms with Gasteiger partial charge in [-0.15, -0.1) is 0 Å². The summed E-state index contributed by atoms with van der Waals surface area (Å²) in [6, 6.07) is 10.6. The summed E-state index contributed by atoms with van der Waals surface area (Å²) in [6.45, 7) is 4.82. The first-order valence-corrected chi connectivity index (χ1v) is 7.04. The van der Waals surface area contributed by atoms with E-state index in [1.165, 1.54) is 5.56 Å². The molecule has 1 rings (SSSR count). The molecule has 0 saturated carbocycles. The van der Waals surface area contributed by atoms with E-state index in [4.69, 9.17) is 24.4 Å². The van der Waals surface area contributed by atoms with E-state index in [1.807, 2.05) is 32.0 Å². The third-order valence-electron chi connectivity index (χ3n) is 2.25. The summed E-state index contributed by atoms with van der Waals surface area (Å²) in [4.78, 5) is 0. The predicted molar refractivity (Wildman–Crippen MR) is 87.9 cm³/mol. The molecule has 0 radical (unpaired) electrons. The van der Waals surface area contributed by atoms with Crippen LogP contribution in [0.2, 0.25) is 0 Å². The fraction of sp³-hybridized carbons (Fsp3) is 0.385. The first kappa shape index (κ1) is 15.7. The molecule has 1 aromatic carbocycles. The Labute approximate surface area is 125 Å². The second-order valence-corrected chi connectivity index (χ2v) is 5.19. The molecule has 0 aliphatic rings. The number of nitrogens with one attached hydrogen (secondary N) is 4. The molecule has 0 heterocycles. The Morgan fingerprint density at radius 2 is 1.68 bits per heavy atom. The van der Waals surface area contributed by atoms with Gasteiger partial charge in [0.2, 0.25) is 0 Å². The fourth-order valence-corrected chi connectivity index (χ4v) is 1.86. The van der Waals surface area contributed by atoms with Crippen molar-refractivity contribution in [3.8, 4) is 0 Å². The lowest BCUT2D eigenvalue weighted by Gasteiger charge is -2.15. The lowest BCUT2D eigenvalue weighted by atomic mass is 10.1. The largest absolute Gasteiger partial charge is 0.361 e. The minimum atomic E-state index is 0.293. The van der Waals surface area contributed by atoms with Crippen molar-refractivity contribution >= 4 is 34.7 Å². The van der Waals surface area contributed by atoms with Crippen LogP contribution in [0.15, 0.2) is 30.3 Å². The number of hydrogen-bond donors (Lipinski definition) is 4. The normalized spacial score (nSPS) is 9.84. The van der Waals surface area contributed by atoms with Crippen LogP contribution in [0.5, 0.6) is 0 Å². The Bertz CT molecular complexity index is 406. The standard InChI is InChI=1S/C13H20N4S2/c1-10(2)15-13(19)17-16-12(18)14-9-8-11-6-4-3-5-7-11/h3-7,10H,8-9H2,1-2H3,(H2,14,16,18)(H2,15,17,19). The molecule has 0 aromatic heterocycles. The SMILES string of the molecule is CC(C)NC(=S)NNC(=S)NCCc1ccccc1. The van der Waals surface area contributed by atoms with Crippen molar-refractivity contribution in [1.82, 2.24) is 21.5 Å². The highest BCUT2D eigenvalue weighted by Crippen LogP contribution is 1.97. The lowest BCUT2D eigenvalue weighted by Crippen LogP contribution is -2.51. The molecule has 0 fully saturated rings. The molecule has 0 unspecified atom stereocenters. The van der Waals surface area contributed by atoms with Gasteiger partial charge in [-0.1, -0.05) is 30.3 Å². The molecule has 0 aliphatic heterocycles. The van der Waals surface area contributed by atoms with Gasteiger partial charge in [-0.05, 0) is 50.3 Å². The van der Waals surface area contributed by atoms with Crippen LogP contribution in [-0.4, -0.2) is 22.8 Å². The summed E-state index contributed by atoms with van der Waals surface area (Å²) >= 11 is 10.2. The maximum absolute atomic E-state index is 5.13. The third kappa shape index (κ3) is 7.58. The van der Waals surface area contributed by atoms with Crippen molar-refractivity contribution in [2.45, 2.75) is 26.3 Å². The smallest absolute Gasteiger partial charge is 0.185 e. The molecule has 19 heavy (non-hydrogen) atoms. The fourth-order valence-electron chi connectivity index (χ4n) is 1.42. The average Bonchev–Trinajstić information content (AvgIpc) is 2.37. The lowest BCUT2D eigenvalue weighted by molar-refractivity contribution is 0.698. The zero-order valence-corrected chi connectivity index (χ0v) is 12.8.